The lowest BCUT2D eigenvalue weighted by atomic mass is 10.0. The van der Waals surface area contributed by atoms with Crippen molar-refractivity contribution in [1.82, 2.24) is 15.2 Å². The molecule has 1 unspecified atom stereocenters. The molecule has 0 fully saturated rings. The van der Waals surface area contributed by atoms with Crippen LogP contribution in [-0.2, 0) is 6.54 Å². The summed E-state index contributed by atoms with van der Waals surface area (Å²) in [6.45, 7) is 2.92. The molecular weight excluding hydrogens is 256 g/mol. The molecule has 0 aliphatic carbocycles. The van der Waals surface area contributed by atoms with Crippen molar-refractivity contribution in [3.8, 4) is 0 Å². The normalized spacial score (nSPS) is 12.9. The molecule has 19 heavy (non-hydrogen) atoms. The van der Waals surface area contributed by atoms with Gasteiger partial charge in [0.05, 0.1) is 11.7 Å². The molecule has 1 aromatic carbocycles. The fourth-order valence-corrected chi connectivity index (χ4v) is 3.40. The minimum atomic E-state index is -0.0291. The minimum absolute atomic E-state index is 0.0291. The third-order valence-corrected chi connectivity index (χ3v) is 4.32. The second kappa shape index (κ2) is 5.13. The van der Waals surface area contributed by atoms with Crippen LogP contribution in [0.5, 0.6) is 0 Å². The predicted octanol–water partition coefficient (Wildman–Crippen LogP) is 2.67. The highest BCUT2D eigenvalue weighted by atomic mass is 32.1. The number of aromatic nitrogens is 2. The van der Waals surface area contributed by atoms with Gasteiger partial charge in [0, 0.05) is 17.4 Å². The molecule has 0 bridgehead atoms. The Morgan fingerprint density at radius 3 is 3.00 bits per heavy atom. The van der Waals surface area contributed by atoms with Gasteiger partial charge in [0.1, 0.15) is 0 Å². The average molecular weight is 272 g/mol. The number of hydrogen-bond acceptors (Lipinski definition) is 4. The Morgan fingerprint density at radius 1 is 1.37 bits per heavy atom. The quantitative estimate of drug-likeness (QED) is 0.567. The van der Waals surface area contributed by atoms with Crippen molar-refractivity contribution in [2.24, 2.45) is 5.84 Å². The van der Waals surface area contributed by atoms with Gasteiger partial charge >= 0.3 is 0 Å². The SMILES string of the molecule is CCn1nccc1C(NN)c1csc2ccccc12. The van der Waals surface area contributed by atoms with E-state index in [0.717, 1.165) is 12.2 Å². The number of thiophene rings is 1. The van der Waals surface area contributed by atoms with Gasteiger partial charge < -0.3 is 0 Å². The number of nitrogens with zero attached hydrogens (tertiary/aromatic N) is 2. The molecule has 3 N–H and O–H groups in total. The summed E-state index contributed by atoms with van der Waals surface area (Å²) >= 11 is 1.74. The van der Waals surface area contributed by atoms with Gasteiger partial charge in [-0.2, -0.15) is 5.10 Å². The van der Waals surface area contributed by atoms with Crippen molar-refractivity contribution in [3.63, 3.8) is 0 Å². The highest BCUT2D eigenvalue weighted by molar-refractivity contribution is 7.17. The maximum Gasteiger partial charge on any atom is 0.0892 e. The number of nitrogens with two attached hydrogens (primary N) is 1. The second-order valence-corrected chi connectivity index (χ2v) is 5.27. The minimum Gasteiger partial charge on any atom is -0.271 e. The first-order valence-electron chi connectivity index (χ1n) is 6.29. The maximum atomic E-state index is 5.78. The zero-order valence-corrected chi connectivity index (χ0v) is 11.5. The van der Waals surface area contributed by atoms with Crippen molar-refractivity contribution in [1.29, 1.82) is 0 Å². The lowest BCUT2D eigenvalue weighted by Gasteiger charge is -2.17. The summed E-state index contributed by atoms with van der Waals surface area (Å²) in [4.78, 5) is 0. The number of benzene rings is 1. The first-order chi connectivity index (χ1) is 9.35. The summed E-state index contributed by atoms with van der Waals surface area (Å²) in [5.74, 6) is 5.78. The molecular formula is C14H16N4S. The lowest BCUT2D eigenvalue weighted by molar-refractivity contribution is 0.546. The van der Waals surface area contributed by atoms with Crippen molar-refractivity contribution < 1.29 is 0 Å². The van der Waals surface area contributed by atoms with E-state index in [4.69, 9.17) is 5.84 Å². The number of hydrazine groups is 1. The van der Waals surface area contributed by atoms with Gasteiger partial charge in [0.15, 0.2) is 0 Å². The number of nitrogens with one attached hydrogen (secondary N) is 1. The molecule has 2 aromatic heterocycles. The van der Waals surface area contributed by atoms with Crippen molar-refractivity contribution in [2.75, 3.05) is 0 Å². The van der Waals surface area contributed by atoms with E-state index in [-0.39, 0.29) is 6.04 Å². The van der Waals surface area contributed by atoms with Crippen LogP contribution in [0.3, 0.4) is 0 Å². The van der Waals surface area contributed by atoms with Gasteiger partial charge in [-0.25, -0.2) is 5.43 Å². The van der Waals surface area contributed by atoms with Crippen LogP contribution in [0.25, 0.3) is 10.1 Å². The Labute approximate surface area is 115 Å². The molecule has 0 aliphatic rings. The molecule has 4 nitrogen and oxygen atoms in total. The predicted molar refractivity (Wildman–Crippen MR) is 78.9 cm³/mol. The van der Waals surface area contributed by atoms with Crippen LogP contribution < -0.4 is 11.3 Å². The van der Waals surface area contributed by atoms with E-state index in [9.17, 15) is 0 Å². The van der Waals surface area contributed by atoms with Gasteiger partial charge in [-0.05, 0) is 35.4 Å². The smallest absolute Gasteiger partial charge is 0.0892 e. The lowest BCUT2D eigenvalue weighted by Crippen LogP contribution is -2.30. The average Bonchev–Trinajstić information content (AvgIpc) is 3.07. The number of hydrogen-bond donors (Lipinski definition) is 2. The van der Waals surface area contributed by atoms with E-state index >= 15 is 0 Å². The highest BCUT2D eigenvalue weighted by Crippen LogP contribution is 2.32. The van der Waals surface area contributed by atoms with E-state index in [1.54, 1.807) is 11.3 Å². The van der Waals surface area contributed by atoms with Gasteiger partial charge in [0.25, 0.3) is 0 Å². The number of fused-ring (bicyclic) bond motifs is 1. The fourth-order valence-electron chi connectivity index (χ4n) is 2.41. The van der Waals surface area contributed by atoms with Crippen LogP contribution in [0, 0.1) is 0 Å². The molecule has 98 valence electrons. The second-order valence-electron chi connectivity index (χ2n) is 4.36. The highest BCUT2D eigenvalue weighted by Gasteiger charge is 2.19. The Morgan fingerprint density at radius 2 is 2.21 bits per heavy atom. The third kappa shape index (κ3) is 2.06. The summed E-state index contributed by atoms with van der Waals surface area (Å²) < 4.78 is 3.25. The first kappa shape index (κ1) is 12.3. The van der Waals surface area contributed by atoms with Crippen LogP contribution in [0.4, 0.5) is 0 Å². The molecule has 0 spiro atoms. The number of aryl methyl sites for hydroxylation is 1. The van der Waals surface area contributed by atoms with E-state index in [2.05, 4.69) is 47.1 Å². The van der Waals surface area contributed by atoms with Crippen molar-refractivity contribution in [2.45, 2.75) is 19.5 Å². The van der Waals surface area contributed by atoms with E-state index in [1.807, 2.05) is 16.9 Å². The third-order valence-electron chi connectivity index (χ3n) is 3.33. The van der Waals surface area contributed by atoms with E-state index < -0.39 is 0 Å². The molecule has 5 heteroatoms. The molecule has 0 aliphatic heterocycles. The Kier molecular flexibility index (Phi) is 3.33. The summed E-state index contributed by atoms with van der Waals surface area (Å²) in [6.07, 6.45) is 1.82. The Hall–Kier alpha value is -1.69. The van der Waals surface area contributed by atoms with Crippen molar-refractivity contribution in [3.05, 3.63) is 53.2 Å². The first-order valence-corrected chi connectivity index (χ1v) is 7.17. The Bertz CT molecular complexity index is 685. The maximum absolute atomic E-state index is 5.78. The molecule has 0 saturated heterocycles. The van der Waals surface area contributed by atoms with Crippen LogP contribution in [-0.4, -0.2) is 9.78 Å². The largest absolute Gasteiger partial charge is 0.271 e. The van der Waals surface area contributed by atoms with Crippen LogP contribution >= 0.6 is 11.3 Å². The summed E-state index contributed by atoms with van der Waals surface area (Å²) in [5, 5.41) is 7.74. The molecule has 2 heterocycles. The summed E-state index contributed by atoms with van der Waals surface area (Å²) in [6, 6.07) is 10.4. The van der Waals surface area contributed by atoms with Crippen LogP contribution in [0.1, 0.15) is 24.2 Å². The standard InChI is InChI=1S/C14H16N4S/c1-2-18-12(7-8-16-18)14(17-15)11-9-19-13-6-4-3-5-10(11)13/h3-9,14,17H,2,15H2,1H3. The topological polar surface area (TPSA) is 55.9 Å². The molecule has 0 radical (unpaired) electrons. The zero-order valence-electron chi connectivity index (χ0n) is 10.7. The van der Waals surface area contributed by atoms with E-state index in [1.165, 1.54) is 15.6 Å². The molecule has 0 saturated carbocycles. The van der Waals surface area contributed by atoms with E-state index in [0.29, 0.717) is 0 Å². The zero-order chi connectivity index (χ0) is 13.2. The van der Waals surface area contributed by atoms with Gasteiger partial charge in [-0.3, -0.25) is 10.5 Å². The van der Waals surface area contributed by atoms with Gasteiger partial charge in [-0.15, -0.1) is 11.3 Å². The molecule has 3 aromatic rings. The number of rotatable bonds is 4. The van der Waals surface area contributed by atoms with Gasteiger partial charge in [0.2, 0.25) is 0 Å². The monoisotopic (exact) mass is 272 g/mol. The van der Waals surface area contributed by atoms with Crippen LogP contribution in [0.2, 0.25) is 0 Å². The molecule has 3 rings (SSSR count). The fraction of sp³-hybridized carbons (Fsp3) is 0.214. The Balaban J connectivity index is 2.12. The molecule has 1 atom stereocenters. The van der Waals surface area contributed by atoms with Gasteiger partial charge in [-0.1, -0.05) is 18.2 Å². The molecule has 0 amide bonds. The summed E-state index contributed by atoms with van der Waals surface area (Å²) in [7, 11) is 0. The van der Waals surface area contributed by atoms with Crippen molar-refractivity contribution >= 4 is 21.4 Å². The summed E-state index contributed by atoms with van der Waals surface area (Å²) in [5.41, 5.74) is 5.22. The van der Waals surface area contributed by atoms with Crippen LogP contribution in [0.15, 0.2) is 41.9 Å².